The molecule has 3 fully saturated rings. The van der Waals surface area contributed by atoms with Crippen LogP contribution in [0.5, 0.6) is 0 Å². The van der Waals surface area contributed by atoms with Crippen LogP contribution < -0.4 is 4.90 Å². The average Bonchev–Trinajstić information content (AvgIpc) is 2.56. The zero-order chi connectivity index (χ0) is 17.4. The molecule has 138 valence electrons. The number of likely N-dealkylation sites (tertiary alicyclic amines) is 2. The van der Waals surface area contributed by atoms with Crippen molar-refractivity contribution < 1.29 is 4.39 Å². The topological polar surface area (TPSA) is 9.72 Å². The lowest BCUT2D eigenvalue weighted by molar-refractivity contribution is -0.0286. The Morgan fingerprint density at radius 3 is 2.40 bits per heavy atom. The number of piperidine rings is 2. The molecule has 3 heterocycles. The van der Waals surface area contributed by atoms with Gasteiger partial charge in [0.1, 0.15) is 5.82 Å². The maximum absolute atomic E-state index is 13.3. The number of benzene rings is 1. The number of nitrogens with zero attached hydrogens (tertiary/aromatic N) is 3. The average molecular weight is 346 g/mol. The van der Waals surface area contributed by atoms with Crippen molar-refractivity contribution in [3.8, 4) is 0 Å². The number of halogens is 1. The van der Waals surface area contributed by atoms with Crippen LogP contribution >= 0.6 is 0 Å². The molecule has 1 unspecified atom stereocenters. The van der Waals surface area contributed by atoms with Crippen molar-refractivity contribution in [3.05, 3.63) is 29.6 Å². The lowest BCUT2D eigenvalue weighted by Crippen LogP contribution is -2.65. The van der Waals surface area contributed by atoms with Gasteiger partial charge < -0.3 is 4.90 Å². The van der Waals surface area contributed by atoms with Crippen LogP contribution in [0.25, 0.3) is 0 Å². The molecule has 0 amide bonds. The highest BCUT2D eigenvalue weighted by Gasteiger charge is 2.39. The zero-order valence-corrected chi connectivity index (χ0v) is 15.8. The Labute approximate surface area is 151 Å². The molecule has 0 N–H and O–H groups in total. The number of rotatable bonds is 3. The first-order valence-electron chi connectivity index (χ1n) is 10.1. The lowest BCUT2D eigenvalue weighted by atomic mass is 9.93. The minimum absolute atomic E-state index is 0.130. The molecule has 0 aromatic heterocycles. The van der Waals surface area contributed by atoms with Crippen molar-refractivity contribution in [1.82, 2.24) is 9.80 Å². The maximum Gasteiger partial charge on any atom is 0.123 e. The van der Waals surface area contributed by atoms with E-state index in [-0.39, 0.29) is 5.82 Å². The third-order valence-corrected chi connectivity index (χ3v) is 6.69. The predicted molar refractivity (Wildman–Crippen MR) is 102 cm³/mol. The molecule has 0 aliphatic carbocycles. The molecule has 4 heteroatoms. The van der Waals surface area contributed by atoms with E-state index in [1.54, 1.807) is 12.1 Å². The van der Waals surface area contributed by atoms with Crippen molar-refractivity contribution in [2.75, 3.05) is 37.6 Å². The van der Waals surface area contributed by atoms with Gasteiger partial charge in [0.25, 0.3) is 0 Å². The molecule has 0 radical (unpaired) electrons. The second-order valence-corrected chi connectivity index (χ2v) is 8.34. The molecule has 1 aromatic rings. The van der Waals surface area contributed by atoms with E-state index in [0.29, 0.717) is 0 Å². The standard InChI is InChI=1S/C21H32FN3/c1-16-13-18(22)6-7-21(16)23-11-8-19(9-12-23)24-14-20(15-24)25-10-4-3-5-17(25)2/h6-7,13,17,19-20H,3-5,8-12,14-15H2,1-2H3. The van der Waals surface area contributed by atoms with E-state index in [9.17, 15) is 4.39 Å². The first-order valence-corrected chi connectivity index (χ1v) is 10.1. The third kappa shape index (κ3) is 3.56. The lowest BCUT2D eigenvalue weighted by Gasteiger charge is -2.53. The van der Waals surface area contributed by atoms with Crippen LogP contribution in [-0.2, 0) is 0 Å². The molecule has 3 aliphatic rings. The summed E-state index contributed by atoms with van der Waals surface area (Å²) in [6.45, 7) is 10.5. The fourth-order valence-electron chi connectivity index (χ4n) is 5.10. The summed E-state index contributed by atoms with van der Waals surface area (Å²) in [6.07, 6.45) is 6.65. The van der Waals surface area contributed by atoms with Crippen LogP contribution in [0.4, 0.5) is 10.1 Å². The van der Waals surface area contributed by atoms with E-state index in [0.717, 1.165) is 36.8 Å². The molecule has 3 saturated heterocycles. The van der Waals surface area contributed by atoms with E-state index in [4.69, 9.17) is 0 Å². The van der Waals surface area contributed by atoms with Gasteiger partial charge in [0.05, 0.1) is 0 Å². The highest BCUT2D eigenvalue weighted by molar-refractivity contribution is 5.53. The van der Waals surface area contributed by atoms with Crippen molar-refractivity contribution in [2.24, 2.45) is 0 Å². The Hall–Kier alpha value is -1.13. The van der Waals surface area contributed by atoms with Crippen LogP contribution in [0, 0.1) is 12.7 Å². The Bertz CT molecular complexity index is 591. The molecule has 4 rings (SSSR count). The highest BCUT2D eigenvalue weighted by Crippen LogP contribution is 2.30. The summed E-state index contributed by atoms with van der Waals surface area (Å²) in [6, 6.07) is 7.52. The molecule has 25 heavy (non-hydrogen) atoms. The van der Waals surface area contributed by atoms with Crippen molar-refractivity contribution in [3.63, 3.8) is 0 Å². The predicted octanol–water partition coefficient (Wildman–Crippen LogP) is 3.66. The van der Waals surface area contributed by atoms with E-state index in [1.807, 2.05) is 13.0 Å². The summed E-state index contributed by atoms with van der Waals surface area (Å²) in [5, 5.41) is 0. The van der Waals surface area contributed by atoms with Crippen LogP contribution in [0.15, 0.2) is 18.2 Å². The van der Waals surface area contributed by atoms with Gasteiger partial charge in [-0.1, -0.05) is 6.42 Å². The monoisotopic (exact) mass is 345 g/mol. The summed E-state index contributed by atoms with van der Waals surface area (Å²) in [7, 11) is 0. The van der Waals surface area contributed by atoms with Gasteiger partial charge in [0.15, 0.2) is 0 Å². The molecule has 0 spiro atoms. The smallest absolute Gasteiger partial charge is 0.123 e. The third-order valence-electron chi connectivity index (χ3n) is 6.69. The SMILES string of the molecule is Cc1cc(F)ccc1N1CCC(N2CC(N3CCCCC3C)C2)CC1. The second kappa shape index (κ2) is 7.24. The molecule has 0 bridgehead atoms. The number of aryl methyl sites for hydroxylation is 1. The summed E-state index contributed by atoms with van der Waals surface area (Å²) in [5.41, 5.74) is 2.27. The first kappa shape index (κ1) is 17.3. The van der Waals surface area contributed by atoms with E-state index in [1.165, 1.54) is 57.4 Å². The Kier molecular flexibility index (Phi) is 5.01. The normalized spacial score (nSPS) is 27.5. The summed E-state index contributed by atoms with van der Waals surface area (Å²) in [4.78, 5) is 7.91. The first-order chi connectivity index (χ1) is 12.1. The Morgan fingerprint density at radius 1 is 0.960 bits per heavy atom. The van der Waals surface area contributed by atoms with Gasteiger partial charge in [-0.3, -0.25) is 9.80 Å². The van der Waals surface area contributed by atoms with Gasteiger partial charge in [0.2, 0.25) is 0 Å². The van der Waals surface area contributed by atoms with Crippen molar-refractivity contribution >= 4 is 5.69 Å². The molecule has 1 atom stereocenters. The van der Waals surface area contributed by atoms with Gasteiger partial charge in [0, 0.05) is 50.0 Å². The second-order valence-electron chi connectivity index (χ2n) is 8.34. The molecule has 1 aromatic carbocycles. The van der Waals surface area contributed by atoms with Gasteiger partial charge in [-0.25, -0.2) is 4.39 Å². The summed E-state index contributed by atoms with van der Waals surface area (Å²) < 4.78 is 13.3. The van der Waals surface area contributed by atoms with Gasteiger partial charge in [-0.2, -0.15) is 0 Å². The van der Waals surface area contributed by atoms with Crippen LogP contribution in [0.2, 0.25) is 0 Å². The molecular weight excluding hydrogens is 313 g/mol. The fourth-order valence-corrected chi connectivity index (χ4v) is 5.10. The van der Waals surface area contributed by atoms with Gasteiger partial charge >= 0.3 is 0 Å². The van der Waals surface area contributed by atoms with Gasteiger partial charge in [-0.15, -0.1) is 0 Å². The molecule has 3 aliphatic heterocycles. The fraction of sp³-hybridized carbons (Fsp3) is 0.714. The van der Waals surface area contributed by atoms with Crippen molar-refractivity contribution in [1.29, 1.82) is 0 Å². The highest BCUT2D eigenvalue weighted by atomic mass is 19.1. The van der Waals surface area contributed by atoms with Crippen LogP contribution in [0.1, 0.15) is 44.6 Å². The summed E-state index contributed by atoms with van der Waals surface area (Å²) in [5.74, 6) is -0.130. The summed E-state index contributed by atoms with van der Waals surface area (Å²) >= 11 is 0. The van der Waals surface area contributed by atoms with E-state index in [2.05, 4.69) is 21.6 Å². The quantitative estimate of drug-likeness (QED) is 0.828. The van der Waals surface area contributed by atoms with E-state index < -0.39 is 0 Å². The Morgan fingerprint density at radius 2 is 1.72 bits per heavy atom. The number of hydrogen-bond donors (Lipinski definition) is 0. The zero-order valence-electron chi connectivity index (χ0n) is 15.8. The molecule has 0 saturated carbocycles. The molecule has 3 nitrogen and oxygen atoms in total. The number of anilines is 1. The van der Waals surface area contributed by atoms with Gasteiger partial charge in [-0.05, 0) is 69.8 Å². The Balaban J connectivity index is 1.27. The largest absolute Gasteiger partial charge is 0.371 e. The van der Waals surface area contributed by atoms with Crippen LogP contribution in [0.3, 0.4) is 0 Å². The van der Waals surface area contributed by atoms with Crippen molar-refractivity contribution in [2.45, 2.75) is 64.1 Å². The molecular formula is C21H32FN3. The van der Waals surface area contributed by atoms with Crippen LogP contribution in [-0.4, -0.2) is 60.6 Å². The minimum atomic E-state index is -0.130. The number of hydrogen-bond acceptors (Lipinski definition) is 3. The maximum atomic E-state index is 13.3. The van der Waals surface area contributed by atoms with E-state index >= 15 is 0 Å². The minimum Gasteiger partial charge on any atom is -0.371 e.